The molecule has 2 aromatic heterocycles. The largest absolute Gasteiger partial charge is 0.463 e. The van der Waals surface area contributed by atoms with Crippen LogP contribution in [0.4, 0.5) is 0 Å². The Bertz CT molecular complexity index is 952. The third-order valence-corrected chi connectivity index (χ3v) is 6.23. The zero-order valence-corrected chi connectivity index (χ0v) is 15.8. The molecular formula is C17H20N2O7S. The van der Waals surface area contributed by atoms with E-state index in [1.165, 1.54) is 40.6 Å². The predicted molar refractivity (Wildman–Crippen MR) is 92.6 cm³/mol. The van der Waals surface area contributed by atoms with Gasteiger partial charge in [0.05, 0.1) is 13.4 Å². The summed E-state index contributed by atoms with van der Waals surface area (Å²) in [5.41, 5.74) is 0.449. The number of sulfonamides is 1. The Morgan fingerprint density at radius 1 is 1.22 bits per heavy atom. The van der Waals surface area contributed by atoms with Gasteiger partial charge in [-0.3, -0.25) is 0 Å². The first-order chi connectivity index (χ1) is 12.8. The Kier molecular flexibility index (Phi) is 5.38. The first-order valence-electron chi connectivity index (χ1n) is 8.33. The van der Waals surface area contributed by atoms with Crippen molar-refractivity contribution in [2.45, 2.75) is 24.3 Å². The minimum Gasteiger partial charge on any atom is -0.463 e. The monoisotopic (exact) mass is 396 g/mol. The molecular weight excluding hydrogens is 376 g/mol. The van der Waals surface area contributed by atoms with Crippen LogP contribution in [0.5, 0.6) is 0 Å². The first kappa shape index (κ1) is 19.2. The summed E-state index contributed by atoms with van der Waals surface area (Å²) in [7, 11) is -0.843. The SMILES string of the molecule is COC(=O)c1occc1COC(=O)c1cc(S(=O)(=O)N2CCCC2)cn1C. The van der Waals surface area contributed by atoms with Gasteiger partial charge in [-0.05, 0) is 25.0 Å². The van der Waals surface area contributed by atoms with Crippen molar-refractivity contribution in [2.75, 3.05) is 20.2 Å². The number of hydrogen-bond donors (Lipinski definition) is 0. The Morgan fingerprint density at radius 3 is 2.59 bits per heavy atom. The number of furan rings is 1. The molecule has 0 aliphatic carbocycles. The summed E-state index contributed by atoms with van der Waals surface area (Å²) in [6.45, 7) is 0.751. The van der Waals surface area contributed by atoms with Crippen molar-refractivity contribution >= 4 is 22.0 Å². The predicted octanol–water partition coefficient (Wildman–Crippen LogP) is 1.55. The summed E-state index contributed by atoms with van der Waals surface area (Å²) in [4.78, 5) is 24.0. The summed E-state index contributed by atoms with van der Waals surface area (Å²) < 4.78 is 42.9. The highest BCUT2D eigenvalue weighted by Gasteiger charge is 2.30. The number of methoxy groups -OCH3 is 1. The van der Waals surface area contributed by atoms with E-state index in [-0.39, 0.29) is 23.0 Å². The van der Waals surface area contributed by atoms with Gasteiger partial charge in [0.1, 0.15) is 17.2 Å². The van der Waals surface area contributed by atoms with Crippen molar-refractivity contribution < 1.29 is 31.9 Å². The summed E-state index contributed by atoms with van der Waals surface area (Å²) in [5, 5.41) is 0. The zero-order chi connectivity index (χ0) is 19.6. The Morgan fingerprint density at radius 2 is 1.93 bits per heavy atom. The van der Waals surface area contributed by atoms with Gasteiger partial charge in [0.2, 0.25) is 15.8 Å². The van der Waals surface area contributed by atoms with Crippen molar-refractivity contribution in [1.29, 1.82) is 0 Å². The lowest BCUT2D eigenvalue weighted by Crippen LogP contribution is -2.27. The summed E-state index contributed by atoms with van der Waals surface area (Å²) in [5.74, 6) is -1.43. The number of esters is 2. The van der Waals surface area contributed by atoms with Crippen LogP contribution in [0.1, 0.15) is 39.4 Å². The number of aromatic nitrogens is 1. The van der Waals surface area contributed by atoms with Crippen LogP contribution in [-0.2, 0) is 33.2 Å². The van der Waals surface area contributed by atoms with Crippen molar-refractivity contribution in [3.63, 3.8) is 0 Å². The number of rotatable bonds is 6. The molecule has 0 unspecified atom stereocenters. The van der Waals surface area contributed by atoms with E-state index >= 15 is 0 Å². The Labute approximate surface area is 156 Å². The van der Waals surface area contributed by atoms with Crippen molar-refractivity contribution in [1.82, 2.24) is 8.87 Å². The van der Waals surface area contributed by atoms with E-state index in [1.807, 2.05) is 0 Å². The maximum atomic E-state index is 12.6. The maximum Gasteiger partial charge on any atom is 0.374 e. The fourth-order valence-electron chi connectivity index (χ4n) is 2.89. The second-order valence-electron chi connectivity index (χ2n) is 6.13. The molecule has 0 bridgehead atoms. The highest BCUT2D eigenvalue weighted by Crippen LogP contribution is 2.23. The zero-order valence-electron chi connectivity index (χ0n) is 15.0. The van der Waals surface area contributed by atoms with Crippen LogP contribution in [0.15, 0.2) is 33.9 Å². The van der Waals surface area contributed by atoms with Crippen molar-refractivity contribution in [2.24, 2.45) is 7.05 Å². The van der Waals surface area contributed by atoms with Crippen molar-refractivity contribution in [3.05, 3.63) is 41.6 Å². The molecule has 0 atom stereocenters. The van der Waals surface area contributed by atoms with Gasteiger partial charge in [-0.25, -0.2) is 18.0 Å². The van der Waals surface area contributed by atoms with E-state index in [1.54, 1.807) is 7.05 Å². The summed E-state index contributed by atoms with van der Waals surface area (Å²) in [6.07, 6.45) is 4.34. The molecule has 2 aromatic rings. The smallest absolute Gasteiger partial charge is 0.374 e. The molecule has 0 N–H and O–H groups in total. The second kappa shape index (κ2) is 7.57. The second-order valence-corrected chi connectivity index (χ2v) is 8.06. The number of hydrogen-bond acceptors (Lipinski definition) is 7. The fourth-order valence-corrected chi connectivity index (χ4v) is 4.48. The van der Waals surface area contributed by atoms with Gasteiger partial charge >= 0.3 is 11.9 Å². The molecule has 1 saturated heterocycles. The van der Waals surface area contributed by atoms with E-state index in [0.717, 1.165) is 12.8 Å². The Hall–Kier alpha value is -2.59. The van der Waals surface area contributed by atoms with Crippen LogP contribution >= 0.6 is 0 Å². The highest BCUT2D eigenvalue weighted by molar-refractivity contribution is 7.89. The quantitative estimate of drug-likeness (QED) is 0.682. The lowest BCUT2D eigenvalue weighted by molar-refractivity contribution is 0.0444. The average molecular weight is 396 g/mol. The van der Waals surface area contributed by atoms with Gasteiger partial charge in [-0.15, -0.1) is 0 Å². The molecule has 0 aromatic carbocycles. The molecule has 0 radical (unpaired) electrons. The normalized spacial score (nSPS) is 15.0. The van der Waals surface area contributed by atoms with Gasteiger partial charge in [0, 0.05) is 31.9 Å². The number of aryl methyl sites for hydroxylation is 1. The van der Waals surface area contributed by atoms with Gasteiger partial charge in [0.15, 0.2) is 0 Å². The van der Waals surface area contributed by atoms with E-state index in [0.29, 0.717) is 18.7 Å². The number of nitrogens with zero attached hydrogens (tertiary/aromatic N) is 2. The van der Waals surface area contributed by atoms with Crippen molar-refractivity contribution in [3.8, 4) is 0 Å². The number of ether oxygens (including phenoxy) is 2. The molecule has 1 aliphatic heterocycles. The summed E-state index contributed by atoms with van der Waals surface area (Å²) >= 11 is 0. The molecule has 3 rings (SSSR count). The highest BCUT2D eigenvalue weighted by atomic mass is 32.2. The van der Waals surface area contributed by atoms with E-state index in [2.05, 4.69) is 4.74 Å². The fraction of sp³-hybridized carbons (Fsp3) is 0.412. The van der Waals surface area contributed by atoms with Crippen LogP contribution in [0, 0.1) is 0 Å². The third kappa shape index (κ3) is 3.76. The molecule has 0 spiro atoms. The summed E-state index contributed by atoms with van der Waals surface area (Å²) in [6, 6.07) is 2.79. The number of carbonyl (C=O) groups excluding carboxylic acids is 2. The lowest BCUT2D eigenvalue weighted by Gasteiger charge is -2.13. The van der Waals surface area contributed by atoms with Gasteiger partial charge in [-0.2, -0.15) is 4.31 Å². The minimum absolute atomic E-state index is 0.0468. The number of carbonyl (C=O) groups is 2. The van der Waals surface area contributed by atoms with E-state index < -0.39 is 22.0 Å². The first-order valence-corrected chi connectivity index (χ1v) is 9.77. The Balaban J connectivity index is 1.74. The van der Waals surface area contributed by atoms with Crippen LogP contribution < -0.4 is 0 Å². The molecule has 146 valence electrons. The topological polar surface area (TPSA) is 108 Å². The molecule has 27 heavy (non-hydrogen) atoms. The molecule has 10 heteroatoms. The van der Waals surface area contributed by atoms with Crippen LogP contribution in [0.2, 0.25) is 0 Å². The maximum absolute atomic E-state index is 12.6. The average Bonchev–Trinajstić information content (AvgIpc) is 3.38. The van der Waals surface area contributed by atoms with Crippen LogP contribution in [-0.4, -0.2) is 49.4 Å². The third-order valence-electron chi connectivity index (χ3n) is 4.37. The molecule has 0 saturated carbocycles. The molecule has 1 aliphatic rings. The lowest BCUT2D eigenvalue weighted by atomic mass is 10.2. The molecule has 9 nitrogen and oxygen atoms in total. The van der Waals surface area contributed by atoms with Gasteiger partial charge < -0.3 is 18.5 Å². The van der Waals surface area contributed by atoms with Crippen LogP contribution in [0.3, 0.4) is 0 Å². The van der Waals surface area contributed by atoms with E-state index in [4.69, 9.17) is 9.15 Å². The van der Waals surface area contributed by atoms with Gasteiger partial charge in [0.25, 0.3) is 0 Å². The molecule has 3 heterocycles. The molecule has 1 fully saturated rings. The van der Waals surface area contributed by atoms with Crippen LogP contribution in [0.25, 0.3) is 0 Å². The van der Waals surface area contributed by atoms with Gasteiger partial charge in [-0.1, -0.05) is 0 Å². The molecule has 0 amide bonds. The van der Waals surface area contributed by atoms with E-state index in [9.17, 15) is 18.0 Å². The minimum atomic E-state index is -3.62. The standard InChI is InChI=1S/C17H20N2O7S/c1-18-10-13(27(22,23)19-6-3-4-7-19)9-14(18)16(20)26-11-12-5-8-25-15(12)17(21)24-2/h5,8-10H,3-4,6-7,11H2,1-2H3.